The van der Waals surface area contributed by atoms with Gasteiger partial charge in [0.1, 0.15) is 0 Å². The zero-order valence-electron chi connectivity index (χ0n) is 14.9. The molecule has 0 aliphatic heterocycles. The molecule has 0 N–H and O–H groups in total. The molecule has 1 amide bonds. The van der Waals surface area contributed by atoms with Gasteiger partial charge in [0.25, 0.3) is 0 Å². The van der Waals surface area contributed by atoms with Crippen LogP contribution in [-0.2, 0) is 4.79 Å². The van der Waals surface area contributed by atoms with Crippen molar-refractivity contribution in [2.45, 2.75) is 38.5 Å². The molecule has 4 heteroatoms. The second-order valence-corrected chi connectivity index (χ2v) is 8.10. The van der Waals surface area contributed by atoms with Crippen LogP contribution in [0, 0.1) is 23.2 Å². The second-order valence-electron chi connectivity index (χ2n) is 8.10. The monoisotopic (exact) mass is 329 g/mol. The summed E-state index contributed by atoms with van der Waals surface area (Å²) in [5.41, 5.74) is 0.768. The number of amides is 1. The number of methoxy groups -OCH3 is 2. The molecule has 24 heavy (non-hydrogen) atoms. The Morgan fingerprint density at radius 3 is 2.04 bits per heavy atom. The van der Waals surface area contributed by atoms with Crippen molar-refractivity contribution in [3.63, 3.8) is 0 Å². The third-order valence-electron chi connectivity index (χ3n) is 6.55. The molecule has 0 spiro atoms. The van der Waals surface area contributed by atoms with Gasteiger partial charge >= 0.3 is 0 Å². The highest BCUT2D eigenvalue weighted by Gasteiger charge is 2.55. The van der Waals surface area contributed by atoms with Crippen LogP contribution in [0.5, 0.6) is 11.5 Å². The Bertz CT molecular complexity index is 619. The van der Waals surface area contributed by atoms with E-state index in [1.54, 1.807) is 14.2 Å². The summed E-state index contributed by atoms with van der Waals surface area (Å²) in [5.74, 6) is 3.99. The fraction of sp³-hybridized carbons (Fsp3) is 0.650. The molecule has 4 nitrogen and oxygen atoms in total. The third-order valence-corrected chi connectivity index (χ3v) is 6.55. The topological polar surface area (TPSA) is 38.8 Å². The summed E-state index contributed by atoms with van der Waals surface area (Å²) in [6.07, 6.45) is 7.34. The van der Waals surface area contributed by atoms with Crippen LogP contribution < -0.4 is 14.4 Å². The van der Waals surface area contributed by atoms with Gasteiger partial charge in [-0.05, 0) is 68.4 Å². The molecule has 0 unspecified atom stereocenters. The van der Waals surface area contributed by atoms with Gasteiger partial charge < -0.3 is 14.4 Å². The maximum absolute atomic E-state index is 13.4. The molecule has 4 aliphatic rings. The normalized spacial score (nSPS) is 33.4. The second kappa shape index (κ2) is 5.68. The molecule has 4 bridgehead atoms. The largest absolute Gasteiger partial charge is 0.493 e. The molecule has 5 rings (SSSR count). The van der Waals surface area contributed by atoms with E-state index in [1.165, 1.54) is 19.3 Å². The predicted molar refractivity (Wildman–Crippen MR) is 93.6 cm³/mol. The van der Waals surface area contributed by atoms with Crippen LogP contribution in [0.1, 0.15) is 38.5 Å². The van der Waals surface area contributed by atoms with Crippen LogP contribution in [-0.4, -0.2) is 27.2 Å². The number of hydrogen-bond donors (Lipinski definition) is 0. The fourth-order valence-corrected chi connectivity index (χ4v) is 5.88. The number of anilines is 1. The Labute approximate surface area is 144 Å². The molecular weight excluding hydrogens is 302 g/mol. The quantitative estimate of drug-likeness (QED) is 0.841. The minimum Gasteiger partial charge on any atom is -0.493 e. The standard InChI is InChI=1S/C20H27NO3/c1-21(16-4-5-17(23-2)18(9-16)24-3)19(22)20-10-13-6-14(11-20)8-15(7-13)12-20/h4-5,9,13-15H,6-8,10-12H2,1-3H3. The highest BCUT2D eigenvalue weighted by molar-refractivity contribution is 5.97. The fourth-order valence-electron chi connectivity index (χ4n) is 5.88. The Morgan fingerprint density at radius 1 is 1.00 bits per heavy atom. The van der Waals surface area contributed by atoms with E-state index >= 15 is 0 Å². The molecule has 0 radical (unpaired) electrons. The van der Waals surface area contributed by atoms with Gasteiger partial charge in [0.15, 0.2) is 11.5 Å². The molecule has 4 fully saturated rings. The first-order valence-electron chi connectivity index (χ1n) is 9.05. The maximum atomic E-state index is 13.4. The van der Waals surface area contributed by atoms with E-state index in [4.69, 9.17) is 9.47 Å². The van der Waals surface area contributed by atoms with Crippen LogP contribution in [0.25, 0.3) is 0 Å². The third kappa shape index (κ3) is 2.38. The summed E-state index contributed by atoms with van der Waals surface area (Å²) in [4.78, 5) is 15.2. The number of nitrogens with zero attached hydrogens (tertiary/aromatic N) is 1. The molecule has 0 atom stereocenters. The number of ether oxygens (including phenoxy) is 2. The van der Waals surface area contributed by atoms with E-state index in [0.717, 1.165) is 42.7 Å². The maximum Gasteiger partial charge on any atom is 0.232 e. The molecule has 4 aliphatic carbocycles. The first-order chi connectivity index (χ1) is 11.5. The van der Waals surface area contributed by atoms with Crippen LogP contribution in [0.3, 0.4) is 0 Å². The molecular formula is C20H27NO3. The lowest BCUT2D eigenvalue weighted by atomic mass is 9.49. The van der Waals surface area contributed by atoms with Crippen molar-refractivity contribution in [2.24, 2.45) is 23.2 Å². The van der Waals surface area contributed by atoms with Crippen LogP contribution >= 0.6 is 0 Å². The first-order valence-corrected chi connectivity index (χ1v) is 9.05. The average molecular weight is 329 g/mol. The Kier molecular flexibility index (Phi) is 3.74. The molecule has 0 aromatic heterocycles. The summed E-state index contributed by atoms with van der Waals surface area (Å²) >= 11 is 0. The van der Waals surface area contributed by atoms with Gasteiger partial charge in [0.05, 0.1) is 19.6 Å². The molecule has 0 heterocycles. The van der Waals surface area contributed by atoms with Crippen molar-refractivity contribution in [1.29, 1.82) is 0 Å². The summed E-state index contributed by atoms with van der Waals surface area (Å²) in [7, 11) is 5.16. The lowest BCUT2D eigenvalue weighted by molar-refractivity contribution is -0.143. The van der Waals surface area contributed by atoms with Gasteiger partial charge in [-0.1, -0.05) is 0 Å². The highest BCUT2D eigenvalue weighted by atomic mass is 16.5. The van der Waals surface area contributed by atoms with E-state index < -0.39 is 0 Å². The van der Waals surface area contributed by atoms with Crippen molar-refractivity contribution in [3.8, 4) is 11.5 Å². The van der Waals surface area contributed by atoms with Crippen molar-refractivity contribution in [2.75, 3.05) is 26.2 Å². The van der Waals surface area contributed by atoms with Crippen molar-refractivity contribution in [1.82, 2.24) is 0 Å². The van der Waals surface area contributed by atoms with Crippen molar-refractivity contribution in [3.05, 3.63) is 18.2 Å². The zero-order chi connectivity index (χ0) is 16.9. The van der Waals surface area contributed by atoms with Crippen molar-refractivity contribution >= 4 is 11.6 Å². The van der Waals surface area contributed by atoms with Gasteiger partial charge in [-0.15, -0.1) is 0 Å². The van der Waals surface area contributed by atoms with E-state index in [1.807, 2.05) is 30.1 Å². The Morgan fingerprint density at radius 2 is 1.54 bits per heavy atom. The molecule has 0 saturated heterocycles. The summed E-state index contributed by atoms with van der Waals surface area (Å²) in [5, 5.41) is 0. The van der Waals surface area contributed by atoms with Crippen LogP contribution in [0.4, 0.5) is 5.69 Å². The van der Waals surface area contributed by atoms with E-state index in [-0.39, 0.29) is 5.41 Å². The molecule has 4 saturated carbocycles. The van der Waals surface area contributed by atoms with Crippen LogP contribution in [0.2, 0.25) is 0 Å². The molecule has 1 aromatic rings. The average Bonchev–Trinajstić information content (AvgIpc) is 2.58. The number of benzene rings is 1. The lowest BCUT2D eigenvalue weighted by Gasteiger charge is -2.56. The highest BCUT2D eigenvalue weighted by Crippen LogP contribution is 2.60. The van der Waals surface area contributed by atoms with Gasteiger partial charge in [-0.3, -0.25) is 4.79 Å². The molecule has 1 aromatic carbocycles. The number of carbonyl (C=O) groups excluding carboxylic acids is 1. The smallest absolute Gasteiger partial charge is 0.232 e. The number of rotatable bonds is 4. The minimum atomic E-state index is -0.114. The zero-order valence-corrected chi connectivity index (χ0v) is 14.9. The van der Waals surface area contributed by atoms with Gasteiger partial charge in [-0.2, -0.15) is 0 Å². The van der Waals surface area contributed by atoms with E-state index in [9.17, 15) is 4.79 Å². The van der Waals surface area contributed by atoms with Crippen molar-refractivity contribution < 1.29 is 14.3 Å². The molecule has 130 valence electrons. The Hall–Kier alpha value is -1.71. The van der Waals surface area contributed by atoms with Gasteiger partial charge in [0, 0.05) is 18.8 Å². The van der Waals surface area contributed by atoms with E-state index in [2.05, 4.69) is 0 Å². The summed E-state index contributed by atoms with van der Waals surface area (Å²) < 4.78 is 10.7. The SMILES string of the molecule is COc1ccc(N(C)C(=O)C23CC4CC(CC(C4)C2)C3)cc1OC. The number of hydrogen-bond acceptors (Lipinski definition) is 3. The number of carbonyl (C=O) groups is 1. The summed E-state index contributed by atoms with van der Waals surface area (Å²) in [6.45, 7) is 0. The minimum absolute atomic E-state index is 0.114. The van der Waals surface area contributed by atoms with Gasteiger partial charge in [0.2, 0.25) is 5.91 Å². The first kappa shape index (κ1) is 15.8. The Balaban J connectivity index is 1.60. The summed E-state index contributed by atoms with van der Waals surface area (Å²) in [6, 6.07) is 5.72. The van der Waals surface area contributed by atoms with Crippen LogP contribution in [0.15, 0.2) is 18.2 Å². The van der Waals surface area contributed by atoms with Gasteiger partial charge in [-0.25, -0.2) is 0 Å². The lowest BCUT2D eigenvalue weighted by Crippen LogP contribution is -2.54. The predicted octanol–water partition coefficient (Wildman–Crippen LogP) is 3.88. The van der Waals surface area contributed by atoms with E-state index in [0.29, 0.717) is 17.4 Å².